The van der Waals surface area contributed by atoms with Crippen molar-refractivity contribution in [3.05, 3.63) is 185 Å². The molecular weight excluding hydrogens is 747 g/mol. The van der Waals surface area contributed by atoms with Crippen molar-refractivity contribution in [2.24, 2.45) is 23.7 Å². The van der Waals surface area contributed by atoms with E-state index in [1.165, 1.54) is 137 Å². The average Bonchev–Trinajstić information content (AvgIpc) is 3.84. The summed E-state index contributed by atoms with van der Waals surface area (Å²) in [5.41, 5.74) is 24.3. The Morgan fingerprint density at radius 3 is 1.55 bits per heavy atom. The molecule has 0 aromatic heterocycles. The highest BCUT2D eigenvalue weighted by Gasteiger charge is 2.61. The van der Waals surface area contributed by atoms with Crippen LogP contribution in [0.1, 0.15) is 111 Å². The van der Waals surface area contributed by atoms with E-state index >= 15 is 0 Å². The van der Waals surface area contributed by atoms with Gasteiger partial charge in [0, 0.05) is 33.3 Å². The summed E-state index contributed by atoms with van der Waals surface area (Å²) in [6.45, 7) is 4.76. The van der Waals surface area contributed by atoms with Crippen LogP contribution in [0.5, 0.6) is 0 Å². The standard InChI is InChI=1S/C61H55N/c1-59(2)53-15-7-4-12-47(53)50-25-20-41(35-58(50)59)40-18-21-44(22-19-40)62(45-23-26-55-51(36-45)48-13-5-8-16-54(48)60(55)28-10-3-11-29-60)46-24-27-57-52(37-46)49-14-6-9-17-56(49)61(57)42-31-38-30-39(33-42)34-43(61)32-38/h4-9,12-27,35-39,42-43H,3,10-11,28-34H2,1-2H3. The Bertz CT molecular complexity index is 2960. The van der Waals surface area contributed by atoms with E-state index < -0.39 is 0 Å². The lowest BCUT2D eigenvalue weighted by molar-refractivity contribution is -0.0399. The topological polar surface area (TPSA) is 3.24 Å². The molecule has 0 atom stereocenters. The molecule has 8 aliphatic carbocycles. The first-order valence-corrected chi connectivity index (χ1v) is 24.1. The van der Waals surface area contributed by atoms with Crippen molar-refractivity contribution in [3.63, 3.8) is 0 Å². The van der Waals surface area contributed by atoms with E-state index in [0.717, 1.165) is 23.7 Å². The zero-order valence-electron chi connectivity index (χ0n) is 36.3. The minimum absolute atomic E-state index is 0.0253. The van der Waals surface area contributed by atoms with Gasteiger partial charge in [-0.1, -0.05) is 142 Å². The molecule has 0 N–H and O–H groups in total. The van der Waals surface area contributed by atoms with E-state index in [4.69, 9.17) is 0 Å². The van der Waals surface area contributed by atoms with Gasteiger partial charge in [0.15, 0.2) is 0 Å². The summed E-state index contributed by atoms with van der Waals surface area (Å²) in [5, 5.41) is 0. The Balaban J connectivity index is 0.919. The van der Waals surface area contributed by atoms with Gasteiger partial charge in [0.1, 0.15) is 0 Å². The van der Waals surface area contributed by atoms with Crippen LogP contribution in [0, 0.1) is 23.7 Å². The predicted octanol–water partition coefficient (Wildman–Crippen LogP) is 16.1. The largest absolute Gasteiger partial charge is 0.310 e. The summed E-state index contributed by atoms with van der Waals surface area (Å²) in [6.07, 6.45) is 13.6. The fourth-order valence-corrected chi connectivity index (χ4v) is 15.7. The van der Waals surface area contributed by atoms with Gasteiger partial charge < -0.3 is 4.90 Å². The maximum absolute atomic E-state index is 2.60. The highest BCUT2D eigenvalue weighted by atomic mass is 15.1. The quantitative estimate of drug-likeness (QED) is 0.171. The van der Waals surface area contributed by atoms with Crippen molar-refractivity contribution in [2.45, 2.75) is 94.3 Å². The van der Waals surface area contributed by atoms with E-state index in [1.807, 2.05) is 0 Å². The second kappa shape index (κ2) is 12.7. The first-order chi connectivity index (χ1) is 30.4. The Morgan fingerprint density at radius 1 is 0.387 bits per heavy atom. The summed E-state index contributed by atoms with van der Waals surface area (Å²) < 4.78 is 0. The van der Waals surface area contributed by atoms with Crippen LogP contribution in [-0.2, 0) is 16.2 Å². The molecular formula is C61H55N. The molecule has 304 valence electrons. The first kappa shape index (κ1) is 35.9. The van der Waals surface area contributed by atoms with E-state index in [1.54, 1.807) is 22.3 Å². The molecule has 8 aliphatic rings. The normalized spacial score (nSPS) is 25.6. The number of hydrogen-bond acceptors (Lipinski definition) is 1. The smallest absolute Gasteiger partial charge is 0.0468 e. The molecule has 0 saturated heterocycles. The number of nitrogens with zero attached hydrogens (tertiary/aromatic N) is 1. The fourth-order valence-electron chi connectivity index (χ4n) is 15.7. The van der Waals surface area contributed by atoms with Crippen LogP contribution in [-0.4, -0.2) is 0 Å². The molecule has 4 bridgehead atoms. The second-order valence-corrected chi connectivity index (χ2v) is 21.2. The number of benzene rings is 7. The van der Waals surface area contributed by atoms with Crippen molar-refractivity contribution in [3.8, 4) is 44.5 Å². The molecule has 0 radical (unpaired) electrons. The SMILES string of the molecule is CC1(C)c2ccccc2-c2ccc(-c3ccc(N(c4ccc5c(c4)-c4ccccc4C54CCCCC4)c4ccc5c(c4)-c4ccccc4C54C5CC6CC(C5)CC4C6)cc3)cc21. The van der Waals surface area contributed by atoms with Crippen LogP contribution in [0.15, 0.2) is 152 Å². The summed E-state index contributed by atoms with van der Waals surface area (Å²) in [4.78, 5) is 2.58. The number of anilines is 3. The van der Waals surface area contributed by atoms with E-state index in [-0.39, 0.29) is 16.2 Å². The van der Waals surface area contributed by atoms with Gasteiger partial charge in [0.25, 0.3) is 0 Å². The molecule has 2 spiro atoms. The summed E-state index contributed by atoms with van der Waals surface area (Å²) in [7, 11) is 0. The Kier molecular flexibility index (Phi) is 7.36. The zero-order valence-corrected chi connectivity index (χ0v) is 36.3. The lowest BCUT2D eigenvalue weighted by Gasteiger charge is -2.61. The van der Waals surface area contributed by atoms with Crippen LogP contribution in [0.4, 0.5) is 17.1 Å². The Hall–Kier alpha value is -5.66. The van der Waals surface area contributed by atoms with Crippen LogP contribution in [0.25, 0.3) is 44.5 Å². The van der Waals surface area contributed by atoms with Crippen molar-refractivity contribution in [2.75, 3.05) is 4.90 Å². The number of rotatable bonds is 4. The predicted molar refractivity (Wildman–Crippen MR) is 257 cm³/mol. The van der Waals surface area contributed by atoms with Gasteiger partial charge in [-0.15, -0.1) is 0 Å². The van der Waals surface area contributed by atoms with Gasteiger partial charge in [-0.25, -0.2) is 0 Å². The van der Waals surface area contributed by atoms with Crippen molar-refractivity contribution < 1.29 is 0 Å². The second-order valence-electron chi connectivity index (χ2n) is 21.2. The Morgan fingerprint density at radius 2 is 0.871 bits per heavy atom. The summed E-state index contributed by atoms with van der Waals surface area (Å²) in [5.74, 6) is 3.40. The minimum atomic E-state index is -0.0253. The molecule has 62 heavy (non-hydrogen) atoms. The van der Waals surface area contributed by atoms with Crippen molar-refractivity contribution >= 4 is 17.1 Å². The van der Waals surface area contributed by atoms with E-state index in [9.17, 15) is 0 Å². The van der Waals surface area contributed by atoms with E-state index in [0.29, 0.717) is 0 Å². The molecule has 1 nitrogen and oxygen atoms in total. The van der Waals surface area contributed by atoms with Crippen LogP contribution >= 0.6 is 0 Å². The fraction of sp³-hybridized carbons (Fsp3) is 0.311. The number of fused-ring (bicyclic) bond motifs is 11. The molecule has 5 saturated carbocycles. The van der Waals surface area contributed by atoms with Gasteiger partial charge in [0.2, 0.25) is 0 Å². The zero-order chi connectivity index (χ0) is 41.0. The van der Waals surface area contributed by atoms with Crippen LogP contribution < -0.4 is 4.90 Å². The monoisotopic (exact) mass is 801 g/mol. The third-order valence-electron chi connectivity index (χ3n) is 18.1. The lowest BCUT2D eigenvalue weighted by Crippen LogP contribution is -2.55. The third-order valence-corrected chi connectivity index (χ3v) is 18.1. The van der Waals surface area contributed by atoms with Crippen molar-refractivity contribution in [1.29, 1.82) is 0 Å². The first-order valence-electron chi connectivity index (χ1n) is 24.1. The number of hydrogen-bond donors (Lipinski definition) is 0. The van der Waals surface area contributed by atoms with Gasteiger partial charge in [-0.3, -0.25) is 0 Å². The molecule has 5 fully saturated rings. The van der Waals surface area contributed by atoms with Crippen molar-refractivity contribution in [1.82, 2.24) is 0 Å². The van der Waals surface area contributed by atoms with Gasteiger partial charge in [-0.05, 0) is 189 Å². The summed E-state index contributed by atoms with van der Waals surface area (Å²) in [6, 6.07) is 59.8. The molecule has 0 unspecified atom stereocenters. The maximum atomic E-state index is 2.60. The van der Waals surface area contributed by atoms with Gasteiger partial charge >= 0.3 is 0 Å². The van der Waals surface area contributed by atoms with Gasteiger partial charge in [0.05, 0.1) is 0 Å². The average molecular weight is 802 g/mol. The summed E-state index contributed by atoms with van der Waals surface area (Å²) >= 11 is 0. The molecule has 7 aromatic carbocycles. The Labute approximate surface area is 367 Å². The molecule has 0 aliphatic heterocycles. The van der Waals surface area contributed by atoms with Gasteiger partial charge in [-0.2, -0.15) is 0 Å². The van der Waals surface area contributed by atoms with Crippen LogP contribution in [0.3, 0.4) is 0 Å². The molecule has 1 heteroatoms. The molecule has 0 amide bonds. The van der Waals surface area contributed by atoms with Crippen LogP contribution in [0.2, 0.25) is 0 Å². The minimum Gasteiger partial charge on any atom is -0.310 e. The molecule has 7 aromatic rings. The highest BCUT2D eigenvalue weighted by molar-refractivity contribution is 5.91. The lowest BCUT2D eigenvalue weighted by atomic mass is 9.43. The third kappa shape index (κ3) is 4.65. The highest BCUT2D eigenvalue weighted by Crippen LogP contribution is 2.69. The maximum Gasteiger partial charge on any atom is 0.0468 e. The molecule has 15 rings (SSSR count). The van der Waals surface area contributed by atoms with E-state index in [2.05, 4.69) is 170 Å². The molecule has 0 heterocycles.